The summed E-state index contributed by atoms with van der Waals surface area (Å²) in [6.45, 7) is 2.99. The van der Waals surface area contributed by atoms with Gasteiger partial charge in [-0.1, -0.05) is 12.8 Å². The van der Waals surface area contributed by atoms with E-state index < -0.39 is 0 Å². The van der Waals surface area contributed by atoms with Crippen LogP contribution in [0.4, 0.5) is 0 Å². The van der Waals surface area contributed by atoms with Gasteiger partial charge in [0.25, 0.3) is 0 Å². The molecule has 3 rings (SSSR count). The Labute approximate surface area is 118 Å². The van der Waals surface area contributed by atoms with Crippen LogP contribution in [0.25, 0.3) is 0 Å². The summed E-state index contributed by atoms with van der Waals surface area (Å²) in [5.74, 6) is 0.244. The van der Waals surface area contributed by atoms with E-state index in [2.05, 4.69) is 18.4 Å². The molecule has 2 N–H and O–H groups in total. The van der Waals surface area contributed by atoms with Gasteiger partial charge in [-0.05, 0) is 43.2 Å². The second-order valence-electron chi connectivity index (χ2n) is 6.06. The van der Waals surface area contributed by atoms with Gasteiger partial charge in [0.05, 0.1) is 6.04 Å². The van der Waals surface area contributed by atoms with Gasteiger partial charge in [-0.25, -0.2) is 0 Å². The topological polar surface area (TPSA) is 46.3 Å². The lowest BCUT2D eigenvalue weighted by Gasteiger charge is -2.36. The van der Waals surface area contributed by atoms with Gasteiger partial charge < -0.3 is 10.6 Å². The second-order valence-corrected chi connectivity index (χ2v) is 7.06. The number of carbonyl (C=O) groups excluding carboxylic acids is 1. The summed E-state index contributed by atoms with van der Waals surface area (Å²) in [7, 11) is 0. The molecule has 1 aromatic heterocycles. The van der Waals surface area contributed by atoms with E-state index in [1.807, 2.05) is 16.2 Å². The van der Waals surface area contributed by atoms with Gasteiger partial charge in [0.15, 0.2) is 0 Å². The van der Waals surface area contributed by atoms with E-state index >= 15 is 0 Å². The Morgan fingerprint density at radius 3 is 3.00 bits per heavy atom. The quantitative estimate of drug-likeness (QED) is 0.904. The first kappa shape index (κ1) is 13.1. The van der Waals surface area contributed by atoms with E-state index in [1.54, 1.807) is 0 Å². The molecule has 3 nitrogen and oxygen atoms in total. The van der Waals surface area contributed by atoms with Crippen molar-refractivity contribution in [1.82, 2.24) is 4.90 Å². The van der Waals surface area contributed by atoms with Crippen molar-refractivity contribution in [2.45, 2.75) is 57.0 Å². The van der Waals surface area contributed by atoms with Gasteiger partial charge in [-0.2, -0.15) is 0 Å². The van der Waals surface area contributed by atoms with Crippen molar-refractivity contribution >= 4 is 17.2 Å². The third-order valence-electron chi connectivity index (χ3n) is 4.70. The standard InChI is InChI=1S/C15H22N2OS/c1-11-12-5-9-19-13(12)4-8-17(11)14(18)10-15(16)6-2-3-7-15/h5,9,11H,2-4,6-8,10,16H2,1H3. The minimum atomic E-state index is -0.230. The van der Waals surface area contributed by atoms with Crippen molar-refractivity contribution in [3.05, 3.63) is 21.9 Å². The predicted octanol–water partition coefficient (Wildman–Crippen LogP) is 2.86. The maximum absolute atomic E-state index is 12.6. The molecule has 1 aliphatic heterocycles. The highest BCUT2D eigenvalue weighted by atomic mass is 32.1. The lowest BCUT2D eigenvalue weighted by molar-refractivity contribution is -0.135. The summed E-state index contributed by atoms with van der Waals surface area (Å²) in [6, 6.07) is 2.38. The minimum absolute atomic E-state index is 0.215. The molecule has 1 atom stereocenters. The molecule has 0 radical (unpaired) electrons. The molecule has 1 aliphatic carbocycles. The molecule has 0 aromatic carbocycles. The normalized spacial score (nSPS) is 25.4. The summed E-state index contributed by atoms with van der Waals surface area (Å²) >= 11 is 1.81. The molecule has 19 heavy (non-hydrogen) atoms. The van der Waals surface area contributed by atoms with Gasteiger partial charge in [0, 0.05) is 23.4 Å². The Kier molecular flexibility index (Phi) is 3.39. The fourth-order valence-corrected chi connectivity index (χ4v) is 4.47. The van der Waals surface area contributed by atoms with Crippen molar-refractivity contribution in [2.24, 2.45) is 5.73 Å². The van der Waals surface area contributed by atoms with Gasteiger partial charge in [-0.15, -0.1) is 11.3 Å². The summed E-state index contributed by atoms with van der Waals surface area (Å²) in [5, 5.41) is 2.14. The Bertz CT molecular complexity index is 476. The summed E-state index contributed by atoms with van der Waals surface area (Å²) < 4.78 is 0. The van der Waals surface area contributed by atoms with Crippen molar-refractivity contribution in [2.75, 3.05) is 6.54 Å². The van der Waals surface area contributed by atoms with Crippen LogP contribution in [0.15, 0.2) is 11.4 Å². The molecule has 1 amide bonds. The number of nitrogens with zero attached hydrogens (tertiary/aromatic N) is 1. The third kappa shape index (κ3) is 2.43. The van der Waals surface area contributed by atoms with Crippen molar-refractivity contribution in [3.63, 3.8) is 0 Å². The van der Waals surface area contributed by atoms with Gasteiger partial charge in [0.2, 0.25) is 5.91 Å². The Morgan fingerprint density at radius 1 is 1.53 bits per heavy atom. The van der Waals surface area contributed by atoms with E-state index in [4.69, 9.17) is 5.73 Å². The molecule has 0 spiro atoms. The Hall–Kier alpha value is -0.870. The Morgan fingerprint density at radius 2 is 2.26 bits per heavy atom. The first-order valence-electron chi connectivity index (χ1n) is 7.24. The molecule has 0 saturated heterocycles. The zero-order chi connectivity index (χ0) is 13.5. The number of hydrogen-bond donors (Lipinski definition) is 1. The van der Waals surface area contributed by atoms with Crippen molar-refractivity contribution in [1.29, 1.82) is 0 Å². The molecule has 1 saturated carbocycles. The van der Waals surface area contributed by atoms with E-state index in [-0.39, 0.29) is 17.5 Å². The highest BCUT2D eigenvalue weighted by molar-refractivity contribution is 7.10. The zero-order valence-corrected chi connectivity index (χ0v) is 12.3. The first-order valence-corrected chi connectivity index (χ1v) is 8.12. The average molecular weight is 278 g/mol. The molecule has 1 unspecified atom stereocenters. The van der Waals surface area contributed by atoms with Crippen LogP contribution in [-0.4, -0.2) is 22.9 Å². The van der Waals surface area contributed by atoms with Crippen LogP contribution in [0.3, 0.4) is 0 Å². The number of hydrogen-bond acceptors (Lipinski definition) is 3. The predicted molar refractivity (Wildman–Crippen MR) is 78.2 cm³/mol. The van der Waals surface area contributed by atoms with Crippen LogP contribution in [0, 0.1) is 0 Å². The van der Waals surface area contributed by atoms with Crippen LogP contribution >= 0.6 is 11.3 Å². The molecule has 104 valence electrons. The zero-order valence-electron chi connectivity index (χ0n) is 11.5. The lowest BCUT2D eigenvalue weighted by Crippen LogP contribution is -2.46. The smallest absolute Gasteiger partial charge is 0.224 e. The largest absolute Gasteiger partial charge is 0.335 e. The van der Waals surface area contributed by atoms with Crippen molar-refractivity contribution in [3.8, 4) is 0 Å². The van der Waals surface area contributed by atoms with E-state index in [0.717, 1.165) is 25.8 Å². The van der Waals surface area contributed by atoms with Gasteiger partial charge in [-0.3, -0.25) is 4.79 Å². The van der Waals surface area contributed by atoms with Crippen molar-refractivity contribution < 1.29 is 4.79 Å². The first-order chi connectivity index (χ1) is 9.09. The maximum Gasteiger partial charge on any atom is 0.224 e. The van der Waals surface area contributed by atoms with E-state index in [9.17, 15) is 4.79 Å². The van der Waals surface area contributed by atoms with E-state index in [1.165, 1.54) is 23.3 Å². The lowest BCUT2D eigenvalue weighted by atomic mass is 9.92. The number of thiophene rings is 1. The highest BCUT2D eigenvalue weighted by Gasteiger charge is 2.36. The highest BCUT2D eigenvalue weighted by Crippen LogP contribution is 2.35. The average Bonchev–Trinajstić information content (AvgIpc) is 2.98. The molecule has 4 heteroatoms. The van der Waals surface area contributed by atoms with Crippen LogP contribution in [0.5, 0.6) is 0 Å². The van der Waals surface area contributed by atoms with Crippen LogP contribution in [0.1, 0.15) is 55.5 Å². The second kappa shape index (κ2) is 4.91. The fourth-order valence-electron chi connectivity index (χ4n) is 3.51. The molecule has 1 aromatic rings. The summed E-state index contributed by atoms with van der Waals surface area (Å²) in [4.78, 5) is 16.0. The number of fused-ring (bicyclic) bond motifs is 1. The van der Waals surface area contributed by atoms with Gasteiger partial charge in [0.1, 0.15) is 0 Å². The summed E-state index contributed by atoms with van der Waals surface area (Å²) in [5.41, 5.74) is 7.45. The molecule has 1 fully saturated rings. The maximum atomic E-state index is 12.6. The van der Waals surface area contributed by atoms with E-state index in [0.29, 0.717) is 6.42 Å². The number of rotatable bonds is 2. The monoisotopic (exact) mass is 278 g/mol. The fraction of sp³-hybridized carbons (Fsp3) is 0.667. The third-order valence-corrected chi connectivity index (χ3v) is 5.70. The van der Waals surface area contributed by atoms with Crippen LogP contribution < -0.4 is 5.73 Å². The number of amides is 1. The molecule has 2 heterocycles. The molecule has 2 aliphatic rings. The molecular formula is C15H22N2OS. The number of carbonyl (C=O) groups is 1. The van der Waals surface area contributed by atoms with Crippen LogP contribution in [-0.2, 0) is 11.2 Å². The van der Waals surface area contributed by atoms with Gasteiger partial charge >= 0.3 is 0 Å². The summed E-state index contributed by atoms with van der Waals surface area (Å²) in [6.07, 6.45) is 5.88. The SMILES string of the molecule is CC1c2ccsc2CCN1C(=O)CC1(N)CCCC1. The number of nitrogens with two attached hydrogens (primary N) is 1. The van der Waals surface area contributed by atoms with Crippen LogP contribution in [0.2, 0.25) is 0 Å². The Balaban J connectivity index is 1.71. The minimum Gasteiger partial charge on any atom is -0.335 e. The molecule has 0 bridgehead atoms. The molecular weight excluding hydrogens is 256 g/mol.